The molecule has 5 atom stereocenters. The molecule has 0 radical (unpaired) electrons. The molecule has 1 aliphatic heterocycles. The summed E-state index contributed by atoms with van der Waals surface area (Å²) in [6.45, 7) is 0.199. The van der Waals surface area contributed by atoms with E-state index in [1.807, 2.05) is 60.7 Å². The van der Waals surface area contributed by atoms with Crippen molar-refractivity contribution in [2.45, 2.75) is 43.9 Å². The molecule has 0 aliphatic carbocycles. The molecule has 1 aliphatic rings. The van der Waals surface area contributed by atoms with E-state index in [1.54, 1.807) is 30.3 Å². The number of carbonyl (C=O) groups is 2. The highest BCUT2D eigenvalue weighted by Crippen LogP contribution is 2.31. The van der Waals surface area contributed by atoms with Crippen molar-refractivity contribution in [3.05, 3.63) is 126 Å². The zero-order valence-electron chi connectivity index (χ0n) is 23.1. The third-order valence-corrected chi connectivity index (χ3v) is 6.73. The molecule has 0 saturated carbocycles. The SMILES string of the molecule is CO[C@H]1O[C@@H](COC(=O)c2ccccc2)[C@@H](OC(=O)n2ccnc2)[C@H](OCc2ccccc2)[C@@H]1OCc1ccccc1. The van der Waals surface area contributed by atoms with E-state index >= 15 is 0 Å². The van der Waals surface area contributed by atoms with Crippen LogP contribution in [0.15, 0.2) is 110 Å². The molecule has 5 rings (SSSR count). The lowest BCUT2D eigenvalue weighted by Crippen LogP contribution is -2.62. The van der Waals surface area contributed by atoms with Crippen molar-refractivity contribution in [1.29, 1.82) is 0 Å². The van der Waals surface area contributed by atoms with Gasteiger partial charge in [-0.05, 0) is 23.3 Å². The Morgan fingerprint density at radius 1 is 0.810 bits per heavy atom. The Labute approximate surface area is 243 Å². The standard InChI is InChI=1S/C32H32N2O8/c1-37-31-29(39-20-24-13-7-3-8-14-24)28(38-19-23-11-5-2-6-12-23)27(42-32(36)34-18-17-33-22-34)26(41-31)21-40-30(35)25-15-9-4-10-16-25/h2-18,22,26-29,31H,19-21H2,1H3/t26-,27+,28-,29-,31-/m0/s1. The van der Waals surface area contributed by atoms with Crippen molar-refractivity contribution in [3.63, 3.8) is 0 Å². The number of hydrogen-bond acceptors (Lipinski definition) is 9. The second-order valence-electron chi connectivity index (χ2n) is 9.58. The maximum Gasteiger partial charge on any atom is 0.419 e. The number of imidazole rings is 1. The molecular formula is C32H32N2O8. The minimum Gasteiger partial charge on any atom is -0.459 e. The van der Waals surface area contributed by atoms with Crippen LogP contribution in [0.5, 0.6) is 0 Å². The molecule has 1 fully saturated rings. The molecule has 0 amide bonds. The fourth-order valence-electron chi connectivity index (χ4n) is 4.60. The van der Waals surface area contributed by atoms with Gasteiger partial charge in [-0.1, -0.05) is 78.9 Å². The highest BCUT2D eigenvalue weighted by atomic mass is 16.7. The zero-order valence-corrected chi connectivity index (χ0v) is 23.1. The van der Waals surface area contributed by atoms with Crippen LogP contribution in [0.2, 0.25) is 0 Å². The van der Waals surface area contributed by atoms with Gasteiger partial charge < -0.3 is 28.4 Å². The monoisotopic (exact) mass is 572 g/mol. The highest BCUT2D eigenvalue weighted by Gasteiger charge is 2.50. The van der Waals surface area contributed by atoms with E-state index in [2.05, 4.69) is 4.98 Å². The van der Waals surface area contributed by atoms with Crippen molar-refractivity contribution in [2.24, 2.45) is 0 Å². The van der Waals surface area contributed by atoms with Gasteiger partial charge in [0.25, 0.3) is 0 Å². The number of ether oxygens (including phenoxy) is 6. The topological polar surface area (TPSA) is 107 Å². The van der Waals surface area contributed by atoms with Gasteiger partial charge in [-0.15, -0.1) is 0 Å². The van der Waals surface area contributed by atoms with Gasteiger partial charge in [-0.25, -0.2) is 19.1 Å². The van der Waals surface area contributed by atoms with Crippen LogP contribution in [-0.4, -0.2) is 66.0 Å². The molecular weight excluding hydrogens is 540 g/mol. The van der Waals surface area contributed by atoms with Crippen LogP contribution in [0.1, 0.15) is 21.5 Å². The number of nitrogens with zero attached hydrogens (tertiary/aromatic N) is 2. The quantitative estimate of drug-likeness (QED) is 0.238. The minimum absolute atomic E-state index is 0.197. The summed E-state index contributed by atoms with van der Waals surface area (Å²) in [6.07, 6.45) is -0.999. The first kappa shape index (κ1) is 29.2. The normalized spacial score (nSPS) is 21.9. The Morgan fingerprint density at radius 3 is 1.98 bits per heavy atom. The first-order valence-corrected chi connectivity index (χ1v) is 13.5. The third kappa shape index (κ3) is 7.48. The van der Waals surface area contributed by atoms with Crippen molar-refractivity contribution < 1.29 is 38.0 Å². The summed E-state index contributed by atoms with van der Waals surface area (Å²) in [5.41, 5.74) is 2.22. The van der Waals surface area contributed by atoms with Crippen LogP contribution in [0, 0.1) is 0 Å². The Kier molecular flexibility index (Phi) is 10.1. The van der Waals surface area contributed by atoms with Crippen molar-refractivity contribution in [2.75, 3.05) is 13.7 Å². The summed E-state index contributed by atoms with van der Waals surface area (Å²) in [5.74, 6) is -0.544. The third-order valence-electron chi connectivity index (χ3n) is 6.73. The molecule has 3 aromatic carbocycles. The zero-order chi connectivity index (χ0) is 29.1. The molecule has 10 nitrogen and oxygen atoms in total. The molecule has 1 aromatic heterocycles. The summed E-state index contributed by atoms with van der Waals surface area (Å²) in [5, 5.41) is 0. The predicted molar refractivity (Wildman–Crippen MR) is 150 cm³/mol. The van der Waals surface area contributed by atoms with Crippen LogP contribution < -0.4 is 0 Å². The smallest absolute Gasteiger partial charge is 0.419 e. The van der Waals surface area contributed by atoms with E-state index in [0.29, 0.717) is 5.56 Å². The average Bonchev–Trinajstić information content (AvgIpc) is 3.59. The summed E-state index contributed by atoms with van der Waals surface area (Å²) < 4.78 is 37.5. The van der Waals surface area contributed by atoms with Gasteiger partial charge in [-0.2, -0.15) is 0 Å². The fraction of sp³-hybridized carbons (Fsp3) is 0.281. The number of rotatable bonds is 11. The van der Waals surface area contributed by atoms with Crippen molar-refractivity contribution >= 4 is 12.1 Å². The summed E-state index contributed by atoms with van der Waals surface area (Å²) >= 11 is 0. The van der Waals surface area contributed by atoms with Gasteiger partial charge in [0.15, 0.2) is 12.4 Å². The molecule has 10 heteroatoms. The molecule has 0 bridgehead atoms. The lowest BCUT2D eigenvalue weighted by molar-refractivity contribution is -0.312. The second kappa shape index (κ2) is 14.5. The van der Waals surface area contributed by atoms with E-state index in [9.17, 15) is 9.59 Å². The van der Waals surface area contributed by atoms with Gasteiger partial charge in [0.1, 0.15) is 31.2 Å². The van der Waals surface area contributed by atoms with Crippen LogP contribution in [0.3, 0.4) is 0 Å². The predicted octanol–water partition coefficient (Wildman–Crippen LogP) is 4.64. The number of hydrogen-bond donors (Lipinski definition) is 0. The van der Waals surface area contributed by atoms with Crippen molar-refractivity contribution in [1.82, 2.24) is 9.55 Å². The average molecular weight is 573 g/mol. The van der Waals surface area contributed by atoms with Gasteiger partial charge in [0, 0.05) is 19.5 Å². The molecule has 218 valence electrons. The van der Waals surface area contributed by atoms with E-state index in [4.69, 9.17) is 28.4 Å². The number of benzene rings is 3. The van der Waals surface area contributed by atoms with Crippen LogP contribution >= 0.6 is 0 Å². The molecule has 42 heavy (non-hydrogen) atoms. The van der Waals surface area contributed by atoms with E-state index in [1.165, 1.54) is 30.4 Å². The number of methoxy groups -OCH3 is 1. The Morgan fingerprint density at radius 2 is 1.40 bits per heavy atom. The Bertz CT molecular complexity index is 1390. The van der Waals surface area contributed by atoms with Gasteiger partial charge in [0.2, 0.25) is 0 Å². The van der Waals surface area contributed by atoms with Gasteiger partial charge >= 0.3 is 12.1 Å². The lowest BCUT2D eigenvalue weighted by Gasteiger charge is -2.44. The van der Waals surface area contributed by atoms with Crippen LogP contribution in [-0.2, 0) is 41.6 Å². The number of esters is 1. The molecule has 0 unspecified atom stereocenters. The van der Waals surface area contributed by atoms with Crippen LogP contribution in [0.4, 0.5) is 4.79 Å². The summed E-state index contributed by atoms with van der Waals surface area (Å²) in [4.78, 5) is 29.9. The maximum atomic E-state index is 13.1. The number of carbonyl (C=O) groups excluding carboxylic acids is 2. The highest BCUT2D eigenvalue weighted by molar-refractivity contribution is 5.89. The van der Waals surface area contributed by atoms with Crippen LogP contribution in [0.25, 0.3) is 0 Å². The van der Waals surface area contributed by atoms with E-state index < -0.39 is 42.8 Å². The summed E-state index contributed by atoms with van der Waals surface area (Å²) in [6, 6.07) is 27.8. The molecule has 0 spiro atoms. The largest absolute Gasteiger partial charge is 0.459 e. The second-order valence-corrected chi connectivity index (χ2v) is 9.58. The summed E-state index contributed by atoms with van der Waals surface area (Å²) in [7, 11) is 1.49. The molecule has 1 saturated heterocycles. The maximum absolute atomic E-state index is 13.1. The van der Waals surface area contributed by atoms with E-state index in [0.717, 1.165) is 11.1 Å². The molecule has 0 N–H and O–H groups in total. The lowest BCUT2D eigenvalue weighted by atomic mass is 9.98. The first-order chi connectivity index (χ1) is 20.6. The fourth-order valence-corrected chi connectivity index (χ4v) is 4.60. The van der Waals surface area contributed by atoms with Gasteiger partial charge in [-0.3, -0.25) is 0 Å². The van der Waals surface area contributed by atoms with Crippen molar-refractivity contribution in [3.8, 4) is 0 Å². The van der Waals surface area contributed by atoms with E-state index in [-0.39, 0.29) is 19.8 Å². The molecule has 2 heterocycles. The van der Waals surface area contributed by atoms with Gasteiger partial charge in [0.05, 0.1) is 18.8 Å². The first-order valence-electron chi connectivity index (χ1n) is 13.5. The molecule has 4 aromatic rings. The minimum atomic E-state index is -1.04. The Hall–Kier alpha value is -4.35. The number of aromatic nitrogens is 2. The Balaban J connectivity index is 1.43.